The molecule has 5 nitrogen and oxygen atoms in total. The molecule has 3 rings (SSSR count). The third kappa shape index (κ3) is 3.33. The Morgan fingerprint density at radius 1 is 1.28 bits per heavy atom. The fraction of sp³-hybridized carbons (Fsp3) is 0.500. The van der Waals surface area contributed by atoms with Crippen molar-refractivity contribution >= 4 is 23.6 Å². The van der Waals surface area contributed by atoms with Crippen LogP contribution in [0.4, 0.5) is 5.69 Å². The molecule has 1 N–H and O–H groups in total. The number of nitrogens with one attached hydrogen (secondary N) is 1. The number of amides is 2. The zero-order valence-electron chi connectivity index (χ0n) is 15.3. The molecule has 1 aromatic rings. The van der Waals surface area contributed by atoms with Gasteiger partial charge in [-0.3, -0.25) is 9.59 Å². The van der Waals surface area contributed by atoms with Gasteiger partial charge in [0, 0.05) is 49.7 Å². The predicted octanol–water partition coefficient (Wildman–Crippen LogP) is 2.93. The highest BCUT2D eigenvalue weighted by molar-refractivity contribution is 5.92. The van der Waals surface area contributed by atoms with Gasteiger partial charge in [0.1, 0.15) is 0 Å². The molecule has 2 aliphatic rings. The Bertz CT molecular complexity index is 693. The Kier molecular flexibility index (Phi) is 4.69. The van der Waals surface area contributed by atoms with Gasteiger partial charge in [0.15, 0.2) is 0 Å². The Morgan fingerprint density at radius 3 is 2.60 bits per heavy atom. The fourth-order valence-electron chi connectivity index (χ4n) is 4.39. The second kappa shape index (κ2) is 6.64. The van der Waals surface area contributed by atoms with Crippen LogP contribution in [0.5, 0.6) is 0 Å². The molecular formula is C20H26N2O3. The van der Waals surface area contributed by atoms with Crippen molar-refractivity contribution in [1.29, 1.82) is 0 Å². The standard InChI is InChI=1S/C20H26N2O3/c1-13(23)21-15-8-5-14(6-9-15)7-10-17(24)22(4)18-16-11-12-25-19(16)20(18,2)3/h5-10,16,18-19H,11-12H2,1-4H3,(H,21,23)/b10-7+/t16-,18+,19-/m0/s1. The molecule has 3 atom stereocenters. The fourth-order valence-corrected chi connectivity index (χ4v) is 4.39. The van der Waals surface area contributed by atoms with Gasteiger partial charge in [0.25, 0.3) is 0 Å². The Morgan fingerprint density at radius 2 is 1.96 bits per heavy atom. The molecule has 0 unspecified atom stereocenters. The number of anilines is 1. The maximum atomic E-state index is 12.6. The number of likely N-dealkylation sites (N-methyl/N-ethyl adjacent to an activating group) is 1. The van der Waals surface area contributed by atoms with Crippen molar-refractivity contribution in [2.45, 2.75) is 39.3 Å². The van der Waals surface area contributed by atoms with Crippen LogP contribution in [0.25, 0.3) is 6.08 Å². The van der Waals surface area contributed by atoms with E-state index in [1.54, 1.807) is 6.08 Å². The Hall–Kier alpha value is -2.14. The first-order chi connectivity index (χ1) is 11.8. The summed E-state index contributed by atoms with van der Waals surface area (Å²) in [6.45, 7) is 6.63. The molecule has 5 heteroatoms. The molecule has 1 aliphatic carbocycles. The first kappa shape index (κ1) is 17.7. The molecule has 1 saturated carbocycles. The van der Waals surface area contributed by atoms with Crippen LogP contribution in [-0.4, -0.2) is 42.5 Å². The highest BCUT2D eigenvalue weighted by Crippen LogP contribution is 2.54. The van der Waals surface area contributed by atoms with Crippen LogP contribution in [0.1, 0.15) is 32.8 Å². The number of hydrogen-bond donors (Lipinski definition) is 1. The van der Waals surface area contributed by atoms with Gasteiger partial charge in [-0.1, -0.05) is 26.0 Å². The van der Waals surface area contributed by atoms with Crippen LogP contribution in [0, 0.1) is 11.3 Å². The number of carbonyl (C=O) groups is 2. The lowest BCUT2D eigenvalue weighted by Crippen LogP contribution is -2.66. The summed E-state index contributed by atoms with van der Waals surface area (Å²) in [6, 6.07) is 7.63. The molecule has 1 saturated heterocycles. The van der Waals surface area contributed by atoms with Gasteiger partial charge in [-0.2, -0.15) is 0 Å². The third-order valence-corrected chi connectivity index (χ3v) is 5.45. The number of fused-ring (bicyclic) bond motifs is 1. The van der Waals surface area contributed by atoms with Crippen molar-refractivity contribution in [3.8, 4) is 0 Å². The Labute approximate surface area is 149 Å². The molecule has 0 spiro atoms. The van der Waals surface area contributed by atoms with Crippen molar-refractivity contribution in [2.24, 2.45) is 11.3 Å². The molecule has 25 heavy (non-hydrogen) atoms. The topological polar surface area (TPSA) is 58.6 Å². The van der Waals surface area contributed by atoms with Crippen molar-refractivity contribution < 1.29 is 14.3 Å². The number of hydrogen-bond acceptors (Lipinski definition) is 3. The molecule has 0 bridgehead atoms. The molecule has 0 radical (unpaired) electrons. The lowest BCUT2D eigenvalue weighted by atomic mass is 9.57. The zero-order valence-corrected chi connectivity index (χ0v) is 15.3. The summed E-state index contributed by atoms with van der Waals surface area (Å²) in [7, 11) is 1.88. The minimum atomic E-state index is -0.0996. The van der Waals surface area contributed by atoms with E-state index >= 15 is 0 Å². The van der Waals surface area contributed by atoms with E-state index in [-0.39, 0.29) is 29.4 Å². The largest absolute Gasteiger partial charge is 0.377 e. The minimum Gasteiger partial charge on any atom is -0.377 e. The van der Waals surface area contributed by atoms with E-state index in [9.17, 15) is 9.59 Å². The van der Waals surface area contributed by atoms with Gasteiger partial charge in [-0.05, 0) is 30.2 Å². The van der Waals surface area contributed by atoms with E-state index in [4.69, 9.17) is 4.74 Å². The van der Waals surface area contributed by atoms with Gasteiger partial charge < -0.3 is 15.0 Å². The predicted molar refractivity (Wildman–Crippen MR) is 98.0 cm³/mol. The van der Waals surface area contributed by atoms with Gasteiger partial charge in [0.05, 0.1) is 6.10 Å². The van der Waals surface area contributed by atoms with E-state index in [1.165, 1.54) is 6.92 Å². The van der Waals surface area contributed by atoms with E-state index in [0.717, 1.165) is 24.3 Å². The van der Waals surface area contributed by atoms with Crippen molar-refractivity contribution in [3.63, 3.8) is 0 Å². The molecule has 0 aromatic heterocycles. The van der Waals surface area contributed by atoms with Crippen LogP contribution in [0.3, 0.4) is 0 Å². The first-order valence-electron chi connectivity index (χ1n) is 8.75. The van der Waals surface area contributed by atoms with E-state index in [0.29, 0.717) is 5.92 Å². The summed E-state index contributed by atoms with van der Waals surface area (Å²) in [5.74, 6) is 0.362. The average molecular weight is 342 g/mol. The maximum Gasteiger partial charge on any atom is 0.246 e. The quantitative estimate of drug-likeness (QED) is 0.856. The molecule has 1 heterocycles. The zero-order chi connectivity index (χ0) is 18.2. The van der Waals surface area contributed by atoms with Crippen molar-refractivity contribution in [2.75, 3.05) is 19.0 Å². The number of nitrogens with zero attached hydrogens (tertiary/aromatic N) is 1. The second-order valence-corrected chi connectivity index (χ2v) is 7.60. The Balaban J connectivity index is 1.63. The molecule has 2 amide bonds. The summed E-state index contributed by atoms with van der Waals surface area (Å²) in [6.07, 6.45) is 4.74. The summed E-state index contributed by atoms with van der Waals surface area (Å²) in [4.78, 5) is 25.5. The highest BCUT2D eigenvalue weighted by atomic mass is 16.5. The van der Waals surface area contributed by atoms with E-state index in [2.05, 4.69) is 19.2 Å². The smallest absolute Gasteiger partial charge is 0.246 e. The van der Waals surface area contributed by atoms with Gasteiger partial charge >= 0.3 is 0 Å². The van der Waals surface area contributed by atoms with Crippen LogP contribution in [-0.2, 0) is 14.3 Å². The SMILES string of the molecule is CC(=O)Nc1ccc(/C=C/C(=O)N(C)[C@@H]2[C@@H]3CCO[C@@H]3C2(C)C)cc1. The molecular weight excluding hydrogens is 316 g/mol. The van der Waals surface area contributed by atoms with E-state index in [1.807, 2.05) is 42.3 Å². The van der Waals surface area contributed by atoms with Crippen molar-refractivity contribution in [1.82, 2.24) is 4.90 Å². The molecule has 1 aromatic carbocycles. The van der Waals surface area contributed by atoms with Crippen molar-refractivity contribution in [3.05, 3.63) is 35.9 Å². The van der Waals surface area contributed by atoms with Crippen LogP contribution >= 0.6 is 0 Å². The normalized spacial score (nSPS) is 26.8. The van der Waals surface area contributed by atoms with Crippen LogP contribution in [0.2, 0.25) is 0 Å². The highest BCUT2D eigenvalue weighted by Gasteiger charge is 2.61. The van der Waals surface area contributed by atoms with E-state index < -0.39 is 0 Å². The summed E-state index contributed by atoms with van der Waals surface area (Å²) in [5.41, 5.74) is 1.67. The van der Waals surface area contributed by atoms with Crippen LogP contribution < -0.4 is 5.32 Å². The minimum absolute atomic E-state index is 0.000571. The lowest BCUT2D eigenvalue weighted by molar-refractivity contribution is -0.163. The monoisotopic (exact) mass is 342 g/mol. The number of ether oxygens (including phenoxy) is 1. The van der Waals surface area contributed by atoms with Crippen LogP contribution in [0.15, 0.2) is 30.3 Å². The molecule has 1 aliphatic heterocycles. The second-order valence-electron chi connectivity index (χ2n) is 7.60. The van der Waals surface area contributed by atoms with Gasteiger partial charge in [-0.15, -0.1) is 0 Å². The lowest BCUT2D eigenvalue weighted by Gasteiger charge is -2.57. The van der Waals surface area contributed by atoms with Gasteiger partial charge in [-0.25, -0.2) is 0 Å². The third-order valence-electron chi connectivity index (χ3n) is 5.45. The summed E-state index contributed by atoms with van der Waals surface area (Å²) in [5, 5.41) is 2.73. The number of rotatable bonds is 4. The molecule has 2 fully saturated rings. The summed E-state index contributed by atoms with van der Waals surface area (Å²) < 4.78 is 5.81. The molecule has 134 valence electrons. The van der Waals surface area contributed by atoms with Gasteiger partial charge in [0.2, 0.25) is 11.8 Å². The average Bonchev–Trinajstić information content (AvgIpc) is 2.99. The number of carbonyl (C=O) groups excluding carboxylic acids is 2. The number of benzene rings is 1. The maximum absolute atomic E-state index is 12.6. The summed E-state index contributed by atoms with van der Waals surface area (Å²) >= 11 is 0. The first-order valence-corrected chi connectivity index (χ1v) is 8.75.